The summed E-state index contributed by atoms with van der Waals surface area (Å²) in [5.41, 5.74) is 1.63. The molecule has 0 bridgehead atoms. The Kier molecular flexibility index (Phi) is 5.99. The molecule has 0 aliphatic heterocycles. The number of ether oxygens (including phenoxy) is 3. The number of rotatable bonds is 7. The molecule has 3 aromatic heterocycles. The van der Waals surface area contributed by atoms with E-state index < -0.39 is 18.0 Å². The summed E-state index contributed by atoms with van der Waals surface area (Å²) in [6.45, 7) is 3.16. The van der Waals surface area contributed by atoms with Gasteiger partial charge in [-0.25, -0.2) is 9.78 Å². The molecule has 0 fully saturated rings. The number of carbonyl (C=O) groups is 2. The van der Waals surface area contributed by atoms with E-state index in [9.17, 15) is 9.59 Å². The normalized spacial score (nSPS) is 11.8. The Morgan fingerprint density at radius 1 is 1.09 bits per heavy atom. The molecule has 4 rings (SSSR count). The van der Waals surface area contributed by atoms with E-state index in [1.165, 1.54) is 33.5 Å². The van der Waals surface area contributed by atoms with Crippen molar-refractivity contribution in [2.75, 3.05) is 19.5 Å². The number of aryl methyl sites for hydroxylation is 1. The zero-order valence-electron chi connectivity index (χ0n) is 18.4. The number of hydrogen-bond acceptors (Lipinski definition) is 9. The average Bonchev–Trinajstić information content (AvgIpc) is 3.48. The van der Waals surface area contributed by atoms with Gasteiger partial charge in [0.15, 0.2) is 23.4 Å². The van der Waals surface area contributed by atoms with E-state index in [2.05, 4.69) is 15.5 Å². The van der Waals surface area contributed by atoms with Gasteiger partial charge in [0.05, 0.1) is 37.1 Å². The van der Waals surface area contributed by atoms with Crippen molar-refractivity contribution in [3.8, 4) is 23.0 Å². The van der Waals surface area contributed by atoms with Crippen molar-refractivity contribution in [1.82, 2.24) is 10.1 Å². The first-order chi connectivity index (χ1) is 15.9. The first-order valence-corrected chi connectivity index (χ1v) is 9.96. The number of carbonyl (C=O) groups excluding carboxylic acids is 2. The van der Waals surface area contributed by atoms with Crippen LogP contribution in [-0.4, -0.2) is 42.3 Å². The molecule has 0 aliphatic carbocycles. The topological polar surface area (TPSA) is 126 Å². The lowest BCUT2D eigenvalue weighted by molar-refractivity contribution is -0.123. The highest BCUT2D eigenvalue weighted by atomic mass is 16.5. The molecule has 0 spiro atoms. The van der Waals surface area contributed by atoms with Gasteiger partial charge in [-0.2, -0.15) is 0 Å². The van der Waals surface area contributed by atoms with Crippen LogP contribution in [0, 0.1) is 6.92 Å². The van der Waals surface area contributed by atoms with Crippen molar-refractivity contribution < 1.29 is 32.7 Å². The number of amides is 1. The summed E-state index contributed by atoms with van der Waals surface area (Å²) in [6, 6.07) is 9.83. The van der Waals surface area contributed by atoms with Crippen molar-refractivity contribution >= 4 is 28.7 Å². The molecule has 1 atom stereocenters. The van der Waals surface area contributed by atoms with Crippen molar-refractivity contribution in [1.29, 1.82) is 0 Å². The number of nitrogens with one attached hydrogen (secondary N) is 1. The van der Waals surface area contributed by atoms with Crippen molar-refractivity contribution in [3.05, 3.63) is 53.9 Å². The van der Waals surface area contributed by atoms with E-state index >= 15 is 0 Å². The Labute approximate surface area is 188 Å². The van der Waals surface area contributed by atoms with Gasteiger partial charge >= 0.3 is 5.97 Å². The Morgan fingerprint density at radius 2 is 1.88 bits per heavy atom. The summed E-state index contributed by atoms with van der Waals surface area (Å²) >= 11 is 0. The number of furan rings is 1. The second-order valence-corrected chi connectivity index (χ2v) is 7.09. The fourth-order valence-electron chi connectivity index (χ4n) is 3.24. The number of fused-ring (bicyclic) bond motifs is 1. The van der Waals surface area contributed by atoms with E-state index in [0.717, 1.165) is 0 Å². The maximum atomic E-state index is 13.0. The van der Waals surface area contributed by atoms with Crippen LogP contribution >= 0.6 is 0 Å². The maximum absolute atomic E-state index is 13.0. The van der Waals surface area contributed by atoms with Crippen LogP contribution in [0.25, 0.3) is 22.6 Å². The van der Waals surface area contributed by atoms with E-state index in [1.54, 1.807) is 37.3 Å². The molecule has 10 nitrogen and oxygen atoms in total. The average molecular weight is 451 g/mol. The molecule has 0 aliphatic rings. The zero-order chi connectivity index (χ0) is 23.5. The van der Waals surface area contributed by atoms with Crippen LogP contribution in [0.5, 0.6) is 11.5 Å². The van der Waals surface area contributed by atoms with E-state index in [0.29, 0.717) is 39.7 Å². The molecule has 1 N–H and O–H groups in total. The van der Waals surface area contributed by atoms with Gasteiger partial charge in [-0.15, -0.1) is 0 Å². The molecule has 170 valence electrons. The molecule has 0 saturated heterocycles. The minimum Gasteiger partial charge on any atom is -0.493 e. The number of esters is 1. The van der Waals surface area contributed by atoms with Crippen molar-refractivity contribution in [2.45, 2.75) is 20.0 Å². The number of methoxy groups -OCH3 is 2. The van der Waals surface area contributed by atoms with Gasteiger partial charge in [0.2, 0.25) is 0 Å². The van der Waals surface area contributed by atoms with Gasteiger partial charge in [-0.1, -0.05) is 5.16 Å². The first-order valence-electron chi connectivity index (χ1n) is 9.96. The van der Waals surface area contributed by atoms with Gasteiger partial charge in [-0.05, 0) is 44.2 Å². The predicted molar refractivity (Wildman–Crippen MR) is 117 cm³/mol. The standard InChI is InChI=1S/C23H21N3O7/c1-12-20-15(11-16(17-6-5-9-31-17)25-22(20)33-26-12)23(28)32-13(2)21(27)24-14-7-8-18(29-3)19(10-14)30-4/h5-11,13H,1-4H3,(H,24,27). The lowest BCUT2D eigenvalue weighted by atomic mass is 10.1. The summed E-state index contributed by atoms with van der Waals surface area (Å²) in [5, 5.41) is 6.98. The number of anilines is 1. The molecule has 1 amide bonds. The number of aromatic nitrogens is 2. The number of benzene rings is 1. The number of nitrogens with zero attached hydrogens (tertiary/aromatic N) is 2. The largest absolute Gasteiger partial charge is 0.493 e. The number of hydrogen-bond donors (Lipinski definition) is 1. The fourth-order valence-corrected chi connectivity index (χ4v) is 3.24. The van der Waals surface area contributed by atoms with Crippen LogP contribution in [-0.2, 0) is 9.53 Å². The highest BCUT2D eigenvalue weighted by molar-refractivity contribution is 6.05. The highest BCUT2D eigenvalue weighted by Crippen LogP contribution is 2.30. The predicted octanol–water partition coefficient (Wildman–Crippen LogP) is 3.99. The van der Waals surface area contributed by atoms with Gasteiger partial charge in [0, 0.05) is 11.8 Å². The molecule has 33 heavy (non-hydrogen) atoms. The quantitative estimate of drug-likeness (QED) is 0.415. The van der Waals surface area contributed by atoms with Crippen LogP contribution in [0.15, 0.2) is 51.6 Å². The summed E-state index contributed by atoms with van der Waals surface area (Å²) in [4.78, 5) is 30.0. The second kappa shape index (κ2) is 9.03. The Morgan fingerprint density at radius 3 is 2.58 bits per heavy atom. The summed E-state index contributed by atoms with van der Waals surface area (Å²) in [7, 11) is 3.01. The van der Waals surface area contributed by atoms with Gasteiger partial charge in [0.25, 0.3) is 11.6 Å². The monoisotopic (exact) mass is 451 g/mol. The SMILES string of the molecule is COc1ccc(NC(=O)C(C)OC(=O)c2cc(-c3ccco3)nc3onc(C)c23)cc1OC. The minimum atomic E-state index is -1.10. The third-order valence-electron chi connectivity index (χ3n) is 4.91. The molecule has 4 aromatic rings. The Balaban J connectivity index is 1.55. The molecule has 1 aromatic carbocycles. The van der Waals surface area contributed by atoms with Crippen molar-refractivity contribution in [3.63, 3.8) is 0 Å². The smallest absolute Gasteiger partial charge is 0.339 e. The Hall–Kier alpha value is -4.34. The summed E-state index contributed by atoms with van der Waals surface area (Å²) in [6.07, 6.45) is 0.395. The van der Waals surface area contributed by atoms with Crippen LogP contribution < -0.4 is 14.8 Å². The summed E-state index contributed by atoms with van der Waals surface area (Å²) in [5.74, 6) is 0.172. The van der Waals surface area contributed by atoms with Gasteiger partial charge in [-0.3, -0.25) is 4.79 Å². The van der Waals surface area contributed by atoms with Crippen molar-refractivity contribution in [2.24, 2.45) is 0 Å². The van der Waals surface area contributed by atoms with Crippen LogP contribution in [0.2, 0.25) is 0 Å². The van der Waals surface area contributed by atoms with E-state index in [4.69, 9.17) is 23.2 Å². The molecule has 1 unspecified atom stereocenters. The maximum Gasteiger partial charge on any atom is 0.339 e. The number of pyridine rings is 1. The van der Waals surface area contributed by atoms with E-state index in [1.807, 2.05) is 0 Å². The molecule has 0 radical (unpaired) electrons. The van der Waals surface area contributed by atoms with Gasteiger partial charge in [0.1, 0.15) is 5.69 Å². The van der Waals surface area contributed by atoms with E-state index in [-0.39, 0.29) is 11.3 Å². The molecule has 10 heteroatoms. The molecule has 3 heterocycles. The Bertz CT molecular complexity index is 1310. The van der Waals surface area contributed by atoms with Crippen LogP contribution in [0.1, 0.15) is 23.0 Å². The third kappa shape index (κ3) is 4.36. The molecule has 0 saturated carbocycles. The zero-order valence-corrected chi connectivity index (χ0v) is 18.4. The molecular formula is C23H21N3O7. The highest BCUT2D eigenvalue weighted by Gasteiger charge is 2.25. The van der Waals surface area contributed by atoms with Gasteiger partial charge < -0.3 is 28.5 Å². The molecular weight excluding hydrogens is 430 g/mol. The lowest BCUT2D eigenvalue weighted by Crippen LogP contribution is -2.30. The second-order valence-electron chi connectivity index (χ2n) is 7.09. The fraction of sp³-hybridized carbons (Fsp3) is 0.217. The minimum absolute atomic E-state index is 0.163. The van der Waals surface area contributed by atoms with Crippen LogP contribution in [0.3, 0.4) is 0 Å². The lowest BCUT2D eigenvalue weighted by Gasteiger charge is -2.15. The third-order valence-corrected chi connectivity index (χ3v) is 4.91. The first kappa shape index (κ1) is 21.9. The summed E-state index contributed by atoms with van der Waals surface area (Å²) < 4.78 is 26.5. The van der Waals surface area contributed by atoms with Crippen LogP contribution in [0.4, 0.5) is 5.69 Å².